The molecule has 0 N–H and O–H groups in total. The zero-order valence-corrected chi connectivity index (χ0v) is 18.7. The minimum Gasteiger partial charge on any atom is -0.158 e. The van der Waals surface area contributed by atoms with E-state index in [1.54, 1.807) is 12.4 Å². The van der Waals surface area contributed by atoms with E-state index in [0.29, 0.717) is 5.92 Å². The van der Waals surface area contributed by atoms with Gasteiger partial charge in [-0.25, -0.2) is 0 Å². The van der Waals surface area contributed by atoms with Gasteiger partial charge in [-0.3, -0.25) is 0 Å². The number of nitrogens with zero attached hydrogens (tertiary/aromatic N) is 4. The van der Waals surface area contributed by atoms with Gasteiger partial charge in [0.25, 0.3) is 0 Å². The van der Waals surface area contributed by atoms with Crippen LogP contribution in [0.4, 0.5) is 0 Å². The van der Waals surface area contributed by atoms with Crippen molar-refractivity contribution in [2.75, 3.05) is 0 Å². The van der Waals surface area contributed by atoms with Crippen molar-refractivity contribution in [3.63, 3.8) is 0 Å². The van der Waals surface area contributed by atoms with Gasteiger partial charge in [-0.2, -0.15) is 15.3 Å². The summed E-state index contributed by atoms with van der Waals surface area (Å²) in [6.07, 6.45) is 5.41. The SMILES string of the molecule is CC(C)c1ccc2cnncc2c1.c1ccc2c(-c3nncc4ccccc34)cccc2c1. The third kappa shape index (κ3) is 4.28. The van der Waals surface area contributed by atoms with E-state index < -0.39 is 0 Å². The molecular weight excluding hydrogens is 404 g/mol. The normalized spacial score (nSPS) is 11.0. The third-order valence-electron chi connectivity index (χ3n) is 5.85. The molecule has 0 atom stereocenters. The second kappa shape index (κ2) is 9.13. The zero-order chi connectivity index (χ0) is 22.6. The predicted octanol–water partition coefficient (Wildman–Crippen LogP) is 7.20. The van der Waals surface area contributed by atoms with E-state index in [4.69, 9.17) is 0 Å². The molecule has 0 fully saturated rings. The Bertz CT molecular complexity index is 1470. The van der Waals surface area contributed by atoms with Crippen LogP contribution in [0.2, 0.25) is 0 Å². The maximum Gasteiger partial charge on any atom is 0.101 e. The van der Waals surface area contributed by atoms with Gasteiger partial charge < -0.3 is 0 Å². The Hall–Kier alpha value is -4.18. The van der Waals surface area contributed by atoms with E-state index >= 15 is 0 Å². The van der Waals surface area contributed by atoms with Gasteiger partial charge >= 0.3 is 0 Å². The quantitative estimate of drug-likeness (QED) is 0.292. The highest BCUT2D eigenvalue weighted by Crippen LogP contribution is 2.31. The Kier molecular flexibility index (Phi) is 5.73. The smallest absolute Gasteiger partial charge is 0.101 e. The van der Waals surface area contributed by atoms with Crippen molar-refractivity contribution in [1.29, 1.82) is 0 Å². The minimum absolute atomic E-state index is 0.567. The molecule has 0 aliphatic heterocycles. The highest BCUT2D eigenvalue weighted by Gasteiger charge is 2.09. The van der Waals surface area contributed by atoms with E-state index in [2.05, 4.69) is 107 Å². The Labute approximate surface area is 193 Å². The highest BCUT2D eigenvalue weighted by molar-refractivity contribution is 6.03. The molecule has 0 radical (unpaired) electrons. The summed E-state index contributed by atoms with van der Waals surface area (Å²) in [5.41, 5.74) is 3.42. The molecule has 33 heavy (non-hydrogen) atoms. The van der Waals surface area contributed by atoms with Gasteiger partial charge in [0, 0.05) is 27.1 Å². The number of aromatic nitrogens is 4. The van der Waals surface area contributed by atoms with Crippen LogP contribution in [0.1, 0.15) is 25.3 Å². The second-order valence-electron chi connectivity index (χ2n) is 8.34. The average molecular weight is 429 g/mol. The lowest BCUT2D eigenvalue weighted by atomic mass is 9.99. The van der Waals surface area contributed by atoms with Crippen LogP contribution in [0.3, 0.4) is 0 Å². The Morgan fingerprint density at radius 3 is 2.03 bits per heavy atom. The highest BCUT2D eigenvalue weighted by atomic mass is 15.1. The molecule has 2 heterocycles. The van der Waals surface area contributed by atoms with E-state index in [0.717, 1.165) is 27.4 Å². The third-order valence-corrected chi connectivity index (χ3v) is 5.85. The summed E-state index contributed by atoms with van der Waals surface area (Å²) in [7, 11) is 0. The van der Waals surface area contributed by atoms with Crippen LogP contribution in [0.15, 0.2) is 104 Å². The fourth-order valence-electron chi connectivity index (χ4n) is 4.03. The molecule has 0 saturated heterocycles. The number of benzene rings is 4. The maximum atomic E-state index is 4.38. The first-order chi connectivity index (χ1) is 16.2. The van der Waals surface area contributed by atoms with Gasteiger partial charge in [0.2, 0.25) is 0 Å². The molecule has 0 saturated carbocycles. The fraction of sp³-hybridized carbons (Fsp3) is 0.103. The zero-order valence-electron chi connectivity index (χ0n) is 18.7. The Morgan fingerprint density at radius 2 is 1.21 bits per heavy atom. The van der Waals surface area contributed by atoms with Crippen molar-refractivity contribution >= 4 is 32.3 Å². The predicted molar refractivity (Wildman–Crippen MR) is 136 cm³/mol. The van der Waals surface area contributed by atoms with Crippen LogP contribution >= 0.6 is 0 Å². The molecule has 2 aromatic heterocycles. The average Bonchev–Trinajstić information content (AvgIpc) is 2.88. The molecule has 4 aromatic carbocycles. The van der Waals surface area contributed by atoms with Gasteiger partial charge in [-0.15, -0.1) is 5.10 Å². The van der Waals surface area contributed by atoms with Crippen LogP contribution in [0.5, 0.6) is 0 Å². The standard InChI is InChI=1S/C18H12N2.C11H12N2/c1-3-9-15-13(6-1)8-5-11-17(15)18-16-10-4-2-7-14(16)12-19-20-18;1-8(2)9-3-4-10-6-12-13-7-11(10)5-9/h1-12H;3-8H,1-2H3. The van der Waals surface area contributed by atoms with Crippen LogP contribution in [-0.2, 0) is 0 Å². The number of fused-ring (bicyclic) bond motifs is 3. The van der Waals surface area contributed by atoms with E-state index in [1.165, 1.54) is 21.7 Å². The van der Waals surface area contributed by atoms with Gasteiger partial charge in [0.05, 0.1) is 18.6 Å². The molecule has 0 aliphatic rings. The first-order valence-corrected chi connectivity index (χ1v) is 11.1. The molecule has 160 valence electrons. The van der Waals surface area contributed by atoms with Crippen molar-refractivity contribution in [2.24, 2.45) is 0 Å². The van der Waals surface area contributed by atoms with Crippen molar-refractivity contribution in [3.05, 3.63) is 109 Å². The summed E-state index contributed by atoms with van der Waals surface area (Å²) in [5, 5.41) is 23.2. The van der Waals surface area contributed by atoms with Gasteiger partial charge in [0.1, 0.15) is 5.69 Å². The van der Waals surface area contributed by atoms with Gasteiger partial charge in [0.15, 0.2) is 0 Å². The van der Waals surface area contributed by atoms with E-state index in [1.807, 2.05) is 18.3 Å². The van der Waals surface area contributed by atoms with Crippen LogP contribution < -0.4 is 0 Å². The first kappa shape index (κ1) is 20.7. The lowest BCUT2D eigenvalue weighted by Gasteiger charge is -2.08. The van der Waals surface area contributed by atoms with E-state index in [-0.39, 0.29) is 0 Å². The van der Waals surface area contributed by atoms with Crippen LogP contribution in [0, 0.1) is 0 Å². The second-order valence-corrected chi connectivity index (χ2v) is 8.34. The summed E-state index contributed by atoms with van der Waals surface area (Å²) in [5.74, 6) is 0.567. The first-order valence-electron chi connectivity index (χ1n) is 11.1. The molecule has 0 unspecified atom stereocenters. The number of rotatable bonds is 2. The maximum absolute atomic E-state index is 4.38. The van der Waals surface area contributed by atoms with Crippen molar-refractivity contribution in [2.45, 2.75) is 19.8 Å². The fourth-order valence-corrected chi connectivity index (χ4v) is 4.03. The lowest BCUT2D eigenvalue weighted by molar-refractivity contribution is 0.868. The van der Waals surface area contributed by atoms with Crippen LogP contribution in [0.25, 0.3) is 43.6 Å². The lowest BCUT2D eigenvalue weighted by Crippen LogP contribution is -1.90. The molecule has 0 amide bonds. The Balaban J connectivity index is 0.000000152. The Morgan fingerprint density at radius 1 is 0.545 bits per heavy atom. The largest absolute Gasteiger partial charge is 0.158 e. The van der Waals surface area contributed by atoms with Gasteiger partial charge in [-0.05, 0) is 28.3 Å². The number of hydrogen-bond donors (Lipinski definition) is 0. The number of hydrogen-bond acceptors (Lipinski definition) is 4. The van der Waals surface area contributed by atoms with Gasteiger partial charge in [-0.1, -0.05) is 92.7 Å². The molecule has 0 aliphatic carbocycles. The molecule has 0 spiro atoms. The summed E-state index contributed by atoms with van der Waals surface area (Å²) in [6.45, 7) is 4.38. The van der Waals surface area contributed by atoms with E-state index in [9.17, 15) is 0 Å². The topological polar surface area (TPSA) is 51.6 Å². The summed E-state index contributed by atoms with van der Waals surface area (Å²) < 4.78 is 0. The van der Waals surface area contributed by atoms with Crippen molar-refractivity contribution in [1.82, 2.24) is 20.4 Å². The van der Waals surface area contributed by atoms with Crippen molar-refractivity contribution < 1.29 is 0 Å². The van der Waals surface area contributed by atoms with Crippen LogP contribution in [-0.4, -0.2) is 20.4 Å². The molecular formula is C29H24N4. The molecule has 4 heteroatoms. The molecule has 6 aromatic rings. The minimum atomic E-state index is 0.567. The van der Waals surface area contributed by atoms with Crippen molar-refractivity contribution in [3.8, 4) is 11.3 Å². The summed E-state index contributed by atoms with van der Waals surface area (Å²) in [6, 6.07) is 29.3. The molecule has 0 bridgehead atoms. The summed E-state index contributed by atoms with van der Waals surface area (Å²) >= 11 is 0. The molecule has 4 nitrogen and oxygen atoms in total. The summed E-state index contributed by atoms with van der Waals surface area (Å²) in [4.78, 5) is 0. The monoisotopic (exact) mass is 428 g/mol. The molecule has 6 rings (SSSR count).